The molecule has 4 nitrogen and oxygen atoms in total. The van der Waals surface area contributed by atoms with Crippen molar-refractivity contribution in [2.24, 2.45) is 0 Å². The second-order valence-electron chi connectivity index (χ2n) is 4.76. The van der Waals surface area contributed by atoms with Crippen molar-refractivity contribution in [1.82, 2.24) is 5.32 Å². The summed E-state index contributed by atoms with van der Waals surface area (Å²) >= 11 is 0. The smallest absolute Gasteiger partial charge is 0.224 e. The summed E-state index contributed by atoms with van der Waals surface area (Å²) in [7, 11) is 1.60. The number of ether oxygens (including phenoxy) is 1. The number of carbonyl (C=O) groups is 1. The highest BCUT2D eigenvalue weighted by molar-refractivity contribution is 5.78. The monoisotopic (exact) mass is 285 g/mol. The van der Waals surface area contributed by atoms with E-state index >= 15 is 0 Å². The minimum absolute atomic E-state index is 0.0429. The molecule has 0 saturated carbocycles. The fourth-order valence-electron chi connectivity index (χ4n) is 2.09. The Morgan fingerprint density at radius 2 is 2.00 bits per heavy atom. The standard InChI is InChI=1S/C17H19NO3/c1-21-15-7-4-5-13(11-15)12-17(20)18-10-9-14-6-2-3-8-16(14)19/h2-8,11,19H,9-10,12H2,1H3,(H,18,20). The Balaban J connectivity index is 1.81. The third kappa shape index (κ3) is 4.53. The summed E-state index contributed by atoms with van der Waals surface area (Å²) in [4.78, 5) is 11.9. The molecule has 110 valence electrons. The van der Waals surface area contributed by atoms with Gasteiger partial charge in [0.05, 0.1) is 13.5 Å². The molecule has 0 aliphatic heterocycles. The average molecular weight is 285 g/mol. The number of hydrogen-bond donors (Lipinski definition) is 2. The van der Waals surface area contributed by atoms with Crippen molar-refractivity contribution >= 4 is 5.91 Å². The number of methoxy groups -OCH3 is 1. The van der Waals surface area contributed by atoms with Gasteiger partial charge in [0.25, 0.3) is 0 Å². The summed E-state index contributed by atoms with van der Waals surface area (Å²) in [5, 5.41) is 12.5. The molecule has 0 saturated heterocycles. The molecule has 2 aromatic carbocycles. The summed E-state index contributed by atoms with van der Waals surface area (Å²) < 4.78 is 5.13. The molecule has 2 rings (SSSR count). The van der Waals surface area contributed by atoms with Gasteiger partial charge in [-0.1, -0.05) is 30.3 Å². The molecule has 0 fully saturated rings. The predicted octanol–water partition coefficient (Wildman–Crippen LogP) is 2.30. The molecular weight excluding hydrogens is 266 g/mol. The Morgan fingerprint density at radius 3 is 2.76 bits per heavy atom. The van der Waals surface area contributed by atoms with E-state index in [1.165, 1.54) is 0 Å². The lowest BCUT2D eigenvalue weighted by atomic mass is 10.1. The summed E-state index contributed by atoms with van der Waals surface area (Å²) in [6, 6.07) is 14.6. The molecule has 0 spiro atoms. The second-order valence-corrected chi connectivity index (χ2v) is 4.76. The first-order valence-electron chi connectivity index (χ1n) is 6.85. The van der Waals surface area contributed by atoms with Crippen LogP contribution in [0.15, 0.2) is 48.5 Å². The van der Waals surface area contributed by atoms with E-state index in [4.69, 9.17) is 4.74 Å². The Morgan fingerprint density at radius 1 is 1.19 bits per heavy atom. The van der Waals surface area contributed by atoms with E-state index in [0.29, 0.717) is 19.4 Å². The van der Waals surface area contributed by atoms with Crippen LogP contribution in [0.4, 0.5) is 0 Å². The van der Waals surface area contributed by atoms with Crippen LogP contribution in [0, 0.1) is 0 Å². The number of phenolic OH excluding ortho intramolecular Hbond substituents is 1. The maximum atomic E-state index is 11.9. The average Bonchev–Trinajstić information content (AvgIpc) is 2.49. The maximum absolute atomic E-state index is 11.9. The first-order valence-corrected chi connectivity index (χ1v) is 6.85. The molecule has 0 aliphatic rings. The molecule has 0 unspecified atom stereocenters. The van der Waals surface area contributed by atoms with Gasteiger partial charge in [-0.05, 0) is 35.7 Å². The van der Waals surface area contributed by atoms with Crippen molar-refractivity contribution in [2.75, 3.05) is 13.7 Å². The molecule has 2 N–H and O–H groups in total. The van der Waals surface area contributed by atoms with Gasteiger partial charge in [0.2, 0.25) is 5.91 Å². The summed E-state index contributed by atoms with van der Waals surface area (Å²) in [5.41, 5.74) is 1.74. The van der Waals surface area contributed by atoms with E-state index in [2.05, 4.69) is 5.32 Å². The topological polar surface area (TPSA) is 58.6 Å². The quantitative estimate of drug-likeness (QED) is 0.856. The van der Waals surface area contributed by atoms with Gasteiger partial charge in [-0.15, -0.1) is 0 Å². The van der Waals surface area contributed by atoms with Gasteiger partial charge in [0.1, 0.15) is 11.5 Å². The van der Waals surface area contributed by atoms with Crippen molar-refractivity contribution in [2.45, 2.75) is 12.8 Å². The molecular formula is C17H19NO3. The number of phenols is 1. The van der Waals surface area contributed by atoms with Crippen LogP contribution < -0.4 is 10.1 Å². The Bertz CT molecular complexity index is 610. The minimum Gasteiger partial charge on any atom is -0.508 e. The van der Waals surface area contributed by atoms with Crippen LogP contribution in [0.5, 0.6) is 11.5 Å². The predicted molar refractivity (Wildman–Crippen MR) is 81.5 cm³/mol. The molecule has 0 bridgehead atoms. The van der Waals surface area contributed by atoms with E-state index in [9.17, 15) is 9.90 Å². The lowest BCUT2D eigenvalue weighted by molar-refractivity contribution is -0.120. The van der Waals surface area contributed by atoms with Gasteiger partial charge < -0.3 is 15.2 Å². The highest BCUT2D eigenvalue weighted by Gasteiger charge is 2.05. The SMILES string of the molecule is COc1cccc(CC(=O)NCCc2ccccc2O)c1. The molecule has 0 radical (unpaired) electrons. The third-order valence-corrected chi connectivity index (χ3v) is 3.21. The summed E-state index contributed by atoms with van der Waals surface area (Å²) in [6.07, 6.45) is 0.925. The number of rotatable bonds is 6. The van der Waals surface area contributed by atoms with Crippen LogP contribution in [0.25, 0.3) is 0 Å². The van der Waals surface area contributed by atoms with Crippen LogP contribution >= 0.6 is 0 Å². The van der Waals surface area contributed by atoms with E-state index in [-0.39, 0.29) is 11.7 Å². The fraction of sp³-hybridized carbons (Fsp3) is 0.235. The Kier molecular flexibility index (Phi) is 5.21. The second kappa shape index (κ2) is 7.33. The zero-order chi connectivity index (χ0) is 15.1. The van der Waals surface area contributed by atoms with Crippen LogP contribution in [-0.2, 0) is 17.6 Å². The lowest BCUT2D eigenvalue weighted by Crippen LogP contribution is -2.27. The lowest BCUT2D eigenvalue weighted by Gasteiger charge is -2.07. The number of benzene rings is 2. The number of para-hydroxylation sites is 1. The molecule has 0 aromatic heterocycles. The third-order valence-electron chi connectivity index (χ3n) is 3.21. The van der Waals surface area contributed by atoms with Gasteiger partial charge in [0.15, 0.2) is 0 Å². The highest BCUT2D eigenvalue weighted by atomic mass is 16.5. The first kappa shape index (κ1) is 14.9. The molecule has 21 heavy (non-hydrogen) atoms. The van der Waals surface area contributed by atoms with E-state index in [0.717, 1.165) is 16.9 Å². The maximum Gasteiger partial charge on any atom is 0.224 e. The largest absolute Gasteiger partial charge is 0.508 e. The molecule has 0 aliphatic carbocycles. The zero-order valence-electron chi connectivity index (χ0n) is 12.0. The molecule has 4 heteroatoms. The van der Waals surface area contributed by atoms with Crippen molar-refractivity contribution in [3.05, 3.63) is 59.7 Å². The van der Waals surface area contributed by atoms with Gasteiger partial charge in [-0.2, -0.15) is 0 Å². The molecule has 1 amide bonds. The normalized spacial score (nSPS) is 10.1. The van der Waals surface area contributed by atoms with Gasteiger partial charge in [-0.25, -0.2) is 0 Å². The van der Waals surface area contributed by atoms with Crippen LogP contribution in [-0.4, -0.2) is 24.7 Å². The molecule has 2 aromatic rings. The van der Waals surface area contributed by atoms with Crippen molar-refractivity contribution in [1.29, 1.82) is 0 Å². The number of aromatic hydroxyl groups is 1. The molecule has 0 heterocycles. The van der Waals surface area contributed by atoms with E-state index in [1.807, 2.05) is 36.4 Å². The van der Waals surface area contributed by atoms with Crippen LogP contribution in [0.2, 0.25) is 0 Å². The summed E-state index contributed by atoms with van der Waals surface area (Å²) in [6.45, 7) is 0.500. The van der Waals surface area contributed by atoms with Gasteiger partial charge in [-0.3, -0.25) is 4.79 Å². The number of nitrogens with one attached hydrogen (secondary N) is 1. The van der Waals surface area contributed by atoms with Crippen LogP contribution in [0.3, 0.4) is 0 Å². The summed E-state index contributed by atoms with van der Waals surface area (Å²) in [5.74, 6) is 0.965. The van der Waals surface area contributed by atoms with E-state index < -0.39 is 0 Å². The molecule has 0 atom stereocenters. The number of carbonyl (C=O) groups excluding carboxylic acids is 1. The van der Waals surface area contributed by atoms with Crippen LogP contribution in [0.1, 0.15) is 11.1 Å². The van der Waals surface area contributed by atoms with Gasteiger partial charge in [0, 0.05) is 6.54 Å². The van der Waals surface area contributed by atoms with Crippen molar-refractivity contribution in [3.63, 3.8) is 0 Å². The Hall–Kier alpha value is -2.49. The Labute approximate surface area is 124 Å². The fourth-order valence-corrected chi connectivity index (χ4v) is 2.09. The number of hydrogen-bond acceptors (Lipinski definition) is 3. The minimum atomic E-state index is -0.0429. The number of amides is 1. The highest BCUT2D eigenvalue weighted by Crippen LogP contribution is 2.15. The van der Waals surface area contributed by atoms with E-state index in [1.54, 1.807) is 19.2 Å². The van der Waals surface area contributed by atoms with Crippen molar-refractivity contribution in [3.8, 4) is 11.5 Å². The van der Waals surface area contributed by atoms with Gasteiger partial charge >= 0.3 is 0 Å². The van der Waals surface area contributed by atoms with Crippen molar-refractivity contribution < 1.29 is 14.6 Å². The zero-order valence-corrected chi connectivity index (χ0v) is 12.0. The first-order chi connectivity index (χ1) is 10.2.